The molecule has 1 saturated heterocycles. The van der Waals surface area contributed by atoms with Crippen LogP contribution in [0.25, 0.3) is 11.8 Å². The molecule has 3 rings (SSSR count). The minimum absolute atomic E-state index is 0.169. The van der Waals surface area contributed by atoms with Crippen LogP contribution in [0.3, 0.4) is 0 Å². The van der Waals surface area contributed by atoms with Crippen molar-refractivity contribution >= 4 is 12.0 Å². The van der Waals surface area contributed by atoms with Crippen molar-refractivity contribution in [1.29, 1.82) is 5.26 Å². The van der Waals surface area contributed by atoms with Crippen LogP contribution in [0.15, 0.2) is 48.1 Å². The summed E-state index contributed by atoms with van der Waals surface area (Å²) in [7, 11) is 1.64. The minimum Gasteiger partial charge on any atom is -0.497 e. The Hall–Kier alpha value is -3.26. The zero-order valence-corrected chi connectivity index (χ0v) is 16.7. The van der Waals surface area contributed by atoms with Gasteiger partial charge >= 0.3 is 0 Å². The van der Waals surface area contributed by atoms with Crippen molar-refractivity contribution in [2.75, 3.05) is 20.2 Å². The summed E-state index contributed by atoms with van der Waals surface area (Å²) in [6.07, 6.45) is 3.31. The van der Waals surface area contributed by atoms with E-state index in [4.69, 9.17) is 4.74 Å². The number of rotatable bonds is 4. The molecular formula is C23H25N3O2. The van der Waals surface area contributed by atoms with E-state index >= 15 is 0 Å². The van der Waals surface area contributed by atoms with Gasteiger partial charge in [0.25, 0.3) is 5.91 Å². The number of hydrogen-bond acceptors (Lipinski definition) is 3. The number of piperidine rings is 1. The largest absolute Gasteiger partial charge is 0.497 e. The normalized spacial score (nSPS) is 14.7. The van der Waals surface area contributed by atoms with Gasteiger partial charge in [-0.3, -0.25) is 4.79 Å². The molecule has 5 nitrogen and oxygen atoms in total. The van der Waals surface area contributed by atoms with Crippen molar-refractivity contribution in [2.24, 2.45) is 0 Å². The van der Waals surface area contributed by atoms with Crippen molar-refractivity contribution < 1.29 is 9.53 Å². The standard InChI is InChI=1S/C23H25N3O2/c1-16-9-11-25(12-10-16)23(27)20(15-24)14-19-13-17(2)26(18(19)3)21-5-7-22(28-4)8-6-21/h5-8,13-14H,1,9-12H2,2-4H3/b20-14-. The van der Waals surface area contributed by atoms with Crippen molar-refractivity contribution in [2.45, 2.75) is 26.7 Å². The van der Waals surface area contributed by atoms with Gasteiger partial charge in [0.1, 0.15) is 17.4 Å². The lowest BCUT2D eigenvalue weighted by Crippen LogP contribution is -2.36. The number of hydrogen-bond donors (Lipinski definition) is 0. The molecular weight excluding hydrogens is 350 g/mol. The van der Waals surface area contributed by atoms with E-state index in [-0.39, 0.29) is 11.5 Å². The van der Waals surface area contributed by atoms with Crippen LogP contribution < -0.4 is 4.74 Å². The predicted molar refractivity (Wildman–Crippen MR) is 110 cm³/mol. The molecule has 1 aliphatic heterocycles. The maximum atomic E-state index is 12.8. The molecule has 1 aliphatic rings. The van der Waals surface area contributed by atoms with Gasteiger partial charge in [-0.1, -0.05) is 12.2 Å². The summed E-state index contributed by atoms with van der Waals surface area (Å²) in [6, 6.07) is 11.9. The number of aromatic nitrogens is 1. The van der Waals surface area contributed by atoms with Gasteiger partial charge < -0.3 is 14.2 Å². The van der Waals surface area contributed by atoms with Crippen LogP contribution in [0.1, 0.15) is 29.8 Å². The Balaban J connectivity index is 1.91. The van der Waals surface area contributed by atoms with Crippen LogP contribution in [0.2, 0.25) is 0 Å². The quantitative estimate of drug-likeness (QED) is 0.457. The smallest absolute Gasteiger partial charge is 0.264 e. The first kappa shape index (κ1) is 19.5. The molecule has 1 fully saturated rings. The number of nitrogens with zero attached hydrogens (tertiary/aromatic N) is 3. The summed E-state index contributed by atoms with van der Waals surface area (Å²) in [4.78, 5) is 14.5. The Kier molecular flexibility index (Phi) is 5.70. The fraction of sp³-hybridized carbons (Fsp3) is 0.304. The topological polar surface area (TPSA) is 58.3 Å². The number of ether oxygens (including phenoxy) is 1. The van der Waals surface area contributed by atoms with E-state index in [9.17, 15) is 10.1 Å². The van der Waals surface area contributed by atoms with Crippen molar-refractivity contribution in [1.82, 2.24) is 9.47 Å². The van der Waals surface area contributed by atoms with E-state index in [1.807, 2.05) is 44.2 Å². The molecule has 2 heterocycles. The SMILES string of the molecule is C=C1CCN(C(=O)/C(C#N)=C\c2cc(C)n(-c3ccc(OC)cc3)c2C)CC1. The molecule has 0 unspecified atom stereocenters. The number of nitriles is 1. The second kappa shape index (κ2) is 8.18. The van der Waals surface area contributed by atoms with E-state index in [0.29, 0.717) is 13.1 Å². The predicted octanol–water partition coefficient (Wildman–Crippen LogP) is 4.19. The highest BCUT2D eigenvalue weighted by molar-refractivity contribution is 6.02. The second-order valence-corrected chi connectivity index (χ2v) is 7.07. The van der Waals surface area contributed by atoms with Gasteiger partial charge in [0.2, 0.25) is 0 Å². The summed E-state index contributed by atoms with van der Waals surface area (Å²) in [6.45, 7) is 9.24. The van der Waals surface area contributed by atoms with E-state index in [1.165, 1.54) is 0 Å². The van der Waals surface area contributed by atoms with Crippen LogP contribution in [0.5, 0.6) is 5.75 Å². The van der Waals surface area contributed by atoms with Gasteiger partial charge in [-0.05, 0) is 68.7 Å². The molecule has 1 amide bonds. The van der Waals surface area contributed by atoms with E-state index in [0.717, 1.165) is 46.8 Å². The van der Waals surface area contributed by atoms with Crippen LogP contribution >= 0.6 is 0 Å². The fourth-order valence-electron chi connectivity index (χ4n) is 3.56. The Labute approximate surface area is 166 Å². The first-order valence-electron chi connectivity index (χ1n) is 9.35. The van der Waals surface area contributed by atoms with Crippen molar-refractivity contribution in [3.8, 4) is 17.5 Å². The van der Waals surface area contributed by atoms with Gasteiger partial charge in [-0.15, -0.1) is 0 Å². The van der Waals surface area contributed by atoms with E-state index in [1.54, 1.807) is 18.1 Å². The molecule has 0 aliphatic carbocycles. The summed E-state index contributed by atoms with van der Waals surface area (Å²) < 4.78 is 7.33. The summed E-state index contributed by atoms with van der Waals surface area (Å²) in [5.41, 5.74) is 5.23. The first-order chi connectivity index (χ1) is 13.4. The molecule has 0 saturated carbocycles. The third-order valence-electron chi connectivity index (χ3n) is 5.21. The number of carbonyl (C=O) groups excluding carboxylic acids is 1. The minimum atomic E-state index is -0.204. The third kappa shape index (κ3) is 3.86. The third-order valence-corrected chi connectivity index (χ3v) is 5.21. The average Bonchev–Trinajstić information content (AvgIpc) is 2.99. The molecule has 0 bridgehead atoms. The number of carbonyl (C=O) groups is 1. The number of aryl methyl sites for hydroxylation is 1. The maximum absolute atomic E-state index is 12.8. The van der Waals surface area contributed by atoms with Crippen molar-refractivity contribution in [3.63, 3.8) is 0 Å². The molecule has 2 aromatic rings. The van der Waals surface area contributed by atoms with Gasteiger partial charge in [0, 0.05) is 30.2 Å². The Morgan fingerprint density at radius 2 is 1.86 bits per heavy atom. The Morgan fingerprint density at radius 3 is 2.43 bits per heavy atom. The zero-order valence-electron chi connectivity index (χ0n) is 16.7. The van der Waals surface area contributed by atoms with Gasteiger partial charge in [-0.2, -0.15) is 5.26 Å². The molecule has 0 N–H and O–H groups in total. The van der Waals surface area contributed by atoms with Gasteiger partial charge in [-0.25, -0.2) is 0 Å². The van der Waals surface area contributed by atoms with Crippen molar-refractivity contribution in [3.05, 3.63) is 65.0 Å². The first-order valence-corrected chi connectivity index (χ1v) is 9.35. The maximum Gasteiger partial charge on any atom is 0.264 e. The monoisotopic (exact) mass is 375 g/mol. The summed E-state index contributed by atoms with van der Waals surface area (Å²) >= 11 is 0. The lowest BCUT2D eigenvalue weighted by atomic mass is 10.0. The Bertz CT molecular complexity index is 965. The zero-order chi connectivity index (χ0) is 20.3. The van der Waals surface area contributed by atoms with Gasteiger partial charge in [0.15, 0.2) is 0 Å². The molecule has 1 aromatic heterocycles. The van der Waals surface area contributed by atoms with E-state index in [2.05, 4.69) is 17.2 Å². The van der Waals surface area contributed by atoms with Gasteiger partial charge in [0.05, 0.1) is 7.11 Å². The second-order valence-electron chi connectivity index (χ2n) is 7.07. The molecule has 144 valence electrons. The highest BCUT2D eigenvalue weighted by Gasteiger charge is 2.22. The van der Waals surface area contributed by atoms with Crippen LogP contribution in [0.4, 0.5) is 0 Å². The van der Waals surface area contributed by atoms with Crippen LogP contribution in [0, 0.1) is 25.2 Å². The lowest BCUT2D eigenvalue weighted by molar-refractivity contribution is -0.127. The molecule has 0 atom stereocenters. The number of benzene rings is 1. The summed E-state index contributed by atoms with van der Waals surface area (Å²) in [5.74, 6) is 0.595. The number of methoxy groups -OCH3 is 1. The molecule has 5 heteroatoms. The molecule has 0 radical (unpaired) electrons. The Morgan fingerprint density at radius 1 is 1.21 bits per heavy atom. The van der Waals surface area contributed by atoms with E-state index < -0.39 is 0 Å². The van der Waals surface area contributed by atoms with Crippen LogP contribution in [-0.4, -0.2) is 35.6 Å². The highest BCUT2D eigenvalue weighted by Crippen LogP contribution is 2.25. The van der Waals surface area contributed by atoms with Crippen LogP contribution in [-0.2, 0) is 4.79 Å². The summed E-state index contributed by atoms with van der Waals surface area (Å²) in [5, 5.41) is 9.58. The highest BCUT2D eigenvalue weighted by atomic mass is 16.5. The fourth-order valence-corrected chi connectivity index (χ4v) is 3.56. The molecule has 0 spiro atoms. The molecule has 28 heavy (non-hydrogen) atoms. The number of likely N-dealkylation sites (tertiary alicyclic amines) is 1. The number of amides is 1. The average molecular weight is 375 g/mol. The molecule has 1 aromatic carbocycles. The lowest BCUT2D eigenvalue weighted by Gasteiger charge is -2.27.